The van der Waals surface area contributed by atoms with E-state index in [4.69, 9.17) is 0 Å². The van der Waals surface area contributed by atoms with E-state index in [0.29, 0.717) is 0 Å². The van der Waals surface area contributed by atoms with Crippen LogP contribution in [0.1, 0.15) is 31.7 Å². The Morgan fingerprint density at radius 3 is 3.12 bits per heavy atom. The van der Waals surface area contributed by atoms with Crippen molar-refractivity contribution in [2.45, 2.75) is 32.8 Å². The molecule has 1 aromatic rings. The molecule has 0 bridgehead atoms. The molecule has 1 atom stereocenters. The van der Waals surface area contributed by atoms with E-state index in [1.165, 1.54) is 19.3 Å². The summed E-state index contributed by atoms with van der Waals surface area (Å²) in [7, 11) is 0. The molecule has 2 heterocycles. The maximum atomic E-state index is 9.41. The van der Waals surface area contributed by atoms with Crippen LogP contribution in [0.15, 0.2) is 16.7 Å². The normalized spacial score (nSPS) is 20.6. The second kappa shape index (κ2) is 5.83. The van der Waals surface area contributed by atoms with E-state index in [0.717, 1.165) is 34.9 Å². The van der Waals surface area contributed by atoms with E-state index in [2.05, 4.69) is 32.7 Å². The number of rotatable bonds is 3. The number of nitrogens with zero attached hydrogens (tertiary/aromatic N) is 2. The SMILES string of the molecule is CC[C@@H]1CCCN(c2ncc(Br)cc2CO)C1. The van der Waals surface area contributed by atoms with Crippen LogP contribution in [0.2, 0.25) is 0 Å². The number of aromatic nitrogens is 1. The van der Waals surface area contributed by atoms with E-state index in [9.17, 15) is 5.11 Å². The summed E-state index contributed by atoms with van der Waals surface area (Å²) >= 11 is 3.39. The molecule has 2 rings (SSSR count). The van der Waals surface area contributed by atoms with Crippen molar-refractivity contribution < 1.29 is 5.11 Å². The maximum absolute atomic E-state index is 9.41. The van der Waals surface area contributed by atoms with Gasteiger partial charge in [0.25, 0.3) is 0 Å². The van der Waals surface area contributed by atoms with Crippen LogP contribution in [0.3, 0.4) is 0 Å². The number of pyridine rings is 1. The van der Waals surface area contributed by atoms with Crippen LogP contribution in [0.4, 0.5) is 5.82 Å². The van der Waals surface area contributed by atoms with Gasteiger partial charge in [-0.2, -0.15) is 0 Å². The van der Waals surface area contributed by atoms with Gasteiger partial charge in [-0.15, -0.1) is 0 Å². The molecule has 0 saturated carbocycles. The number of aliphatic hydroxyl groups excluding tert-OH is 1. The smallest absolute Gasteiger partial charge is 0.134 e. The molecule has 3 nitrogen and oxygen atoms in total. The van der Waals surface area contributed by atoms with Crippen LogP contribution in [-0.2, 0) is 6.61 Å². The highest BCUT2D eigenvalue weighted by Crippen LogP contribution is 2.27. The summed E-state index contributed by atoms with van der Waals surface area (Å²) in [6, 6.07) is 1.96. The Bertz CT molecular complexity index is 384. The van der Waals surface area contributed by atoms with Gasteiger partial charge in [-0.25, -0.2) is 4.98 Å². The van der Waals surface area contributed by atoms with Crippen LogP contribution in [0.25, 0.3) is 0 Å². The quantitative estimate of drug-likeness (QED) is 0.932. The van der Waals surface area contributed by atoms with Crippen molar-refractivity contribution >= 4 is 21.7 Å². The van der Waals surface area contributed by atoms with E-state index in [1.54, 1.807) is 0 Å². The molecule has 0 aromatic carbocycles. The molecule has 1 aliphatic heterocycles. The summed E-state index contributed by atoms with van der Waals surface area (Å²) in [5, 5.41) is 9.41. The van der Waals surface area contributed by atoms with Crippen LogP contribution in [-0.4, -0.2) is 23.2 Å². The predicted molar refractivity (Wildman–Crippen MR) is 73.1 cm³/mol. The fourth-order valence-corrected chi connectivity index (χ4v) is 2.84. The van der Waals surface area contributed by atoms with Crippen LogP contribution in [0, 0.1) is 5.92 Å². The summed E-state index contributed by atoms with van der Waals surface area (Å²) in [5.74, 6) is 1.72. The summed E-state index contributed by atoms with van der Waals surface area (Å²) in [4.78, 5) is 6.78. The highest BCUT2D eigenvalue weighted by molar-refractivity contribution is 9.10. The first-order valence-corrected chi connectivity index (χ1v) is 7.04. The fraction of sp³-hybridized carbons (Fsp3) is 0.615. The third-order valence-corrected chi connectivity index (χ3v) is 3.91. The lowest BCUT2D eigenvalue weighted by atomic mass is 9.95. The molecular formula is C13H19BrN2O. The zero-order valence-corrected chi connectivity index (χ0v) is 11.8. The van der Waals surface area contributed by atoms with Gasteiger partial charge < -0.3 is 10.0 Å². The topological polar surface area (TPSA) is 36.4 Å². The Labute approximate surface area is 111 Å². The van der Waals surface area contributed by atoms with Gasteiger partial charge in [0.05, 0.1) is 6.61 Å². The number of piperidine rings is 1. The van der Waals surface area contributed by atoms with Crippen LogP contribution < -0.4 is 4.90 Å². The summed E-state index contributed by atoms with van der Waals surface area (Å²) in [5.41, 5.74) is 0.913. The zero-order chi connectivity index (χ0) is 12.3. The molecule has 94 valence electrons. The van der Waals surface area contributed by atoms with Gasteiger partial charge in [0, 0.05) is 29.3 Å². The number of aliphatic hydroxyl groups is 1. The largest absolute Gasteiger partial charge is 0.392 e. The third-order valence-electron chi connectivity index (χ3n) is 3.48. The minimum Gasteiger partial charge on any atom is -0.392 e. The summed E-state index contributed by atoms with van der Waals surface area (Å²) in [6.45, 7) is 4.42. The van der Waals surface area contributed by atoms with Crippen LogP contribution in [0.5, 0.6) is 0 Å². The van der Waals surface area contributed by atoms with Crippen LogP contribution >= 0.6 is 15.9 Å². The predicted octanol–water partition coefficient (Wildman–Crippen LogP) is 2.96. The molecule has 0 amide bonds. The minimum absolute atomic E-state index is 0.0507. The molecule has 1 fully saturated rings. The van der Waals surface area contributed by atoms with Gasteiger partial charge in [-0.05, 0) is 40.8 Å². The van der Waals surface area contributed by atoms with Crippen molar-refractivity contribution in [2.24, 2.45) is 5.92 Å². The lowest BCUT2D eigenvalue weighted by Crippen LogP contribution is -2.36. The molecule has 0 spiro atoms. The van der Waals surface area contributed by atoms with Crippen molar-refractivity contribution in [1.29, 1.82) is 0 Å². The second-order valence-corrected chi connectivity index (χ2v) is 5.57. The molecule has 1 saturated heterocycles. The van der Waals surface area contributed by atoms with Crippen molar-refractivity contribution in [3.8, 4) is 0 Å². The first-order valence-electron chi connectivity index (χ1n) is 6.24. The Morgan fingerprint density at radius 1 is 1.59 bits per heavy atom. The highest BCUT2D eigenvalue weighted by atomic mass is 79.9. The molecule has 1 aromatic heterocycles. The second-order valence-electron chi connectivity index (χ2n) is 4.66. The lowest BCUT2D eigenvalue weighted by molar-refractivity contribution is 0.281. The lowest BCUT2D eigenvalue weighted by Gasteiger charge is -2.34. The van der Waals surface area contributed by atoms with Gasteiger partial charge >= 0.3 is 0 Å². The fourth-order valence-electron chi connectivity index (χ4n) is 2.47. The number of anilines is 1. The zero-order valence-electron chi connectivity index (χ0n) is 10.2. The number of hydrogen-bond acceptors (Lipinski definition) is 3. The summed E-state index contributed by atoms with van der Waals surface area (Å²) < 4.78 is 0.925. The number of halogens is 1. The molecule has 1 N–H and O–H groups in total. The molecule has 0 unspecified atom stereocenters. The molecular weight excluding hydrogens is 280 g/mol. The molecule has 1 aliphatic rings. The Hall–Kier alpha value is -0.610. The standard InChI is InChI=1S/C13H19BrN2O/c1-2-10-4-3-5-16(8-10)13-11(9-17)6-12(14)7-15-13/h6-7,10,17H,2-5,8-9H2,1H3/t10-/m1/s1. The van der Waals surface area contributed by atoms with Crippen molar-refractivity contribution in [2.75, 3.05) is 18.0 Å². The number of hydrogen-bond donors (Lipinski definition) is 1. The van der Waals surface area contributed by atoms with Gasteiger partial charge in [0.1, 0.15) is 5.82 Å². The first-order chi connectivity index (χ1) is 8.24. The van der Waals surface area contributed by atoms with Gasteiger partial charge in [0.15, 0.2) is 0 Å². The van der Waals surface area contributed by atoms with E-state index in [1.807, 2.05) is 12.3 Å². The Kier molecular flexibility index (Phi) is 4.40. The monoisotopic (exact) mass is 298 g/mol. The third kappa shape index (κ3) is 2.99. The summed E-state index contributed by atoms with van der Waals surface area (Å²) in [6.07, 6.45) is 5.57. The van der Waals surface area contributed by atoms with E-state index in [-0.39, 0.29) is 6.61 Å². The molecule has 0 aliphatic carbocycles. The van der Waals surface area contributed by atoms with E-state index >= 15 is 0 Å². The molecule has 17 heavy (non-hydrogen) atoms. The minimum atomic E-state index is 0.0507. The van der Waals surface area contributed by atoms with Gasteiger partial charge in [0.2, 0.25) is 0 Å². The Morgan fingerprint density at radius 2 is 2.41 bits per heavy atom. The van der Waals surface area contributed by atoms with Gasteiger partial charge in [-0.1, -0.05) is 13.3 Å². The molecule has 4 heteroatoms. The van der Waals surface area contributed by atoms with E-state index < -0.39 is 0 Å². The van der Waals surface area contributed by atoms with Gasteiger partial charge in [-0.3, -0.25) is 0 Å². The Balaban J connectivity index is 2.20. The maximum Gasteiger partial charge on any atom is 0.134 e. The average molecular weight is 299 g/mol. The molecule has 0 radical (unpaired) electrons. The van der Waals surface area contributed by atoms with Crippen molar-refractivity contribution in [3.05, 3.63) is 22.3 Å². The first kappa shape index (κ1) is 12.8. The van der Waals surface area contributed by atoms with Crippen molar-refractivity contribution in [1.82, 2.24) is 4.98 Å². The average Bonchev–Trinajstić information content (AvgIpc) is 2.38. The van der Waals surface area contributed by atoms with Crippen molar-refractivity contribution in [3.63, 3.8) is 0 Å². The highest BCUT2D eigenvalue weighted by Gasteiger charge is 2.21.